The molecule has 0 radical (unpaired) electrons. The number of hydrogen-bond acceptors (Lipinski definition) is 5. The minimum atomic E-state index is -0.798. The Balaban J connectivity index is 4.59. The van der Waals surface area contributed by atoms with Crippen molar-refractivity contribution < 1.29 is 24.5 Å². The van der Waals surface area contributed by atoms with Crippen molar-refractivity contribution in [2.45, 2.75) is 289 Å². The molecule has 0 fully saturated rings. The number of carbonyl (C=O) groups excluding carboxylic acids is 2. The van der Waals surface area contributed by atoms with Gasteiger partial charge in [0, 0.05) is 6.42 Å². The van der Waals surface area contributed by atoms with Gasteiger partial charge in [0.25, 0.3) is 0 Å². The number of carbonyl (C=O) groups is 2. The molecule has 382 valence electrons. The van der Waals surface area contributed by atoms with E-state index in [1.807, 2.05) is 24.3 Å². The minimum Gasteiger partial charge on any atom is -0.462 e. The van der Waals surface area contributed by atoms with E-state index in [-0.39, 0.29) is 24.9 Å². The first kappa shape index (κ1) is 63.3. The molecule has 0 aliphatic carbocycles. The van der Waals surface area contributed by atoms with Gasteiger partial charge in [0.05, 0.1) is 25.2 Å². The predicted octanol–water partition coefficient (Wildman–Crippen LogP) is 17.3. The van der Waals surface area contributed by atoms with Crippen molar-refractivity contribution >= 4 is 11.9 Å². The Hall–Kier alpha value is -2.70. The Kier molecular flexibility index (Phi) is 51.1. The van der Waals surface area contributed by atoms with E-state index >= 15 is 0 Å². The van der Waals surface area contributed by atoms with E-state index in [1.165, 1.54) is 135 Å². The van der Waals surface area contributed by atoms with Crippen LogP contribution in [0, 0.1) is 0 Å². The van der Waals surface area contributed by atoms with E-state index in [4.69, 9.17) is 4.74 Å². The first-order chi connectivity index (χ1) is 32.5. The summed E-state index contributed by atoms with van der Waals surface area (Å²) in [6.45, 7) is 6.39. The molecule has 6 heteroatoms. The molecule has 0 aromatic rings. The van der Waals surface area contributed by atoms with Gasteiger partial charge < -0.3 is 20.3 Å². The summed E-state index contributed by atoms with van der Waals surface area (Å²) in [5.74, 6) is -0.507. The molecule has 0 aliphatic heterocycles. The van der Waals surface area contributed by atoms with Crippen LogP contribution in [0.1, 0.15) is 271 Å². The number of esters is 1. The molecule has 1 amide bonds. The summed E-state index contributed by atoms with van der Waals surface area (Å²) < 4.78 is 5.94. The summed E-state index contributed by atoms with van der Waals surface area (Å²) >= 11 is 0. The van der Waals surface area contributed by atoms with Crippen LogP contribution in [-0.2, 0) is 14.3 Å². The number of rotatable bonds is 50. The summed E-state index contributed by atoms with van der Waals surface area (Å²) in [6.07, 6.45) is 68.1. The third-order valence-corrected chi connectivity index (χ3v) is 12.6. The Morgan fingerprint density at radius 2 is 0.818 bits per heavy atom. The molecule has 0 aromatic heterocycles. The van der Waals surface area contributed by atoms with Crippen molar-refractivity contribution in [3.63, 3.8) is 0 Å². The average Bonchev–Trinajstić information content (AvgIpc) is 3.31. The van der Waals surface area contributed by atoms with Crippen LogP contribution in [0.4, 0.5) is 0 Å². The topological polar surface area (TPSA) is 95.9 Å². The van der Waals surface area contributed by atoms with Crippen molar-refractivity contribution in [2.75, 3.05) is 6.61 Å². The third kappa shape index (κ3) is 47.8. The second-order valence-corrected chi connectivity index (χ2v) is 19.1. The van der Waals surface area contributed by atoms with Crippen LogP contribution in [0.3, 0.4) is 0 Å². The van der Waals surface area contributed by atoms with Crippen molar-refractivity contribution in [3.8, 4) is 0 Å². The number of allylic oxidation sites excluding steroid dienone is 12. The molecule has 0 saturated heterocycles. The molecule has 0 bridgehead atoms. The molecule has 3 N–H and O–H groups in total. The molecule has 0 heterocycles. The fraction of sp³-hybridized carbons (Fsp3) is 0.767. The summed E-state index contributed by atoms with van der Waals surface area (Å²) in [5.41, 5.74) is 0. The fourth-order valence-electron chi connectivity index (χ4n) is 8.34. The van der Waals surface area contributed by atoms with Crippen LogP contribution >= 0.6 is 0 Å². The second kappa shape index (κ2) is 53.3. The first-order valence-corrected chi connectivity index (χ1v) is 28.2. The van der Waals surface area contributed by atoms with Crippen LogP contribution in [-0.4, -0.2) is 46.9 Å². The van der Waals surface area contributed by atoms with Gasteiger partial charge >= 0.3 is 5.97 Å². The van der Waals surface area contributed by atoms with Crippen molar-refractivity contribution in [1.29, 1.82) is 0 Å². The largest absolute Gasteiger partial charge is 0.462 e. The van der Waals surface area contributed by atoms with Crippen molar-refractivity contribution in [1.82, 2.24) is 5.32 Å². The number of ether oxygens (including phenoxy) is 1. The monoisotopic (exact) mass is 922 g/mol. The van der Waals surface area contributed by atoms with Crippen molar-refractivity contribution in [3.05, 3.63) is 72.9 Å². The number of aliphatic hydroxyl groups excluding tert-OH is 2. The molecular formula is C60H107NO5. The fourth-order valence-corrected chi connectivity index (χ4v) is 8.34. The molecule has 6 nitrogen and oxygen atoms in total. The summed E-state index contributed by atoms with van der Waals surface area (Å²) in [4.78, 5) is 26.2. The van der Waals surface area contributed by atoms with Crippen LogP contribution in [0.15, 0.2) is 72.9 Å². The molecule has 0 saturated carbocycles. The van der Waals surface area contributed by atoms with E-state index in [9.17, 15) is 19.8 Å². The third-order valence-electron chi connectivity index (χ3n) is 12.6. The standard InChI is InChI=1S/C60H107NO5/c1-4-7-10-13-16-19-22-25-27-29-30-32-35-38-41-44-47-50-53-60(65)66-56(51-48-45-42-39-36-33-24-21-18-15-12-9-6-3)54-59(64)61-57(55-62)58(63)52-49-46-43-40-37-34-31-28-26-23-20-17-14-11-8-5-2/h10,13,16,19,21-22,24-25,27,29-30,32,56-58,62-63H,4-9,11-12,14-15,17-18,20,23,26,28,31,33-55H2,1-3H3,(H,61,64)/b13-10+,19-16+,24-21-,25-22+,29-27+,32-30+. The highest BCUT2D eigenvalue weighted by atomic mass is 16.5. The zero-order chi connectivity index (χ0) is 48.1. The van der Waals surface area contributed by atoms with Crippen LogP contribution in [0.2, 0.25) is 0 Å². The van der Waals surface area contributed by atoms with Crippen LogP contribution in [0.25, 0.3) is 0 Å². The van der Waals surface area contributed by atoms with Gasteiger partial charge in [-0.2, -0.15) is 0 Å². The average molecular weight is 923 g/mol. The van der Waals surface area contributed by atoms with Gasteiger partial charge in [0.1, 0.15) is 6.10 Å². The SMILES string of the molecule is CCC/C=C/C=C/C=C/C=C/C=C/CCCCCCCC(=O)OC(CCCCCCC/C=C\CCCCCC)CC(=O)NC(CO)C(O)CCCCCCCCCCCCCCCCCC. The van der Waals surface area contributed by atoms with E-state index < -0.39 is 18.2 Å². The first-order valence-electron chi connectivity index (χ1n) is 28.2. The van der Waals surface area contributed by atoms with Gasteiger partial charge in [-0.05, 0) is 70.6 Å². The van der Waals surface area contributed by atoms with Crippen LogP contribution < -0.4 is 5.32 Å². The smallest absolute Gasteiger partial charge is 0.306 e. The lowest BCUT2D eigenvalue weighted by atomic mass is 10.0. The maximum Gasteiger partial charge on any atom is 0.306 e. The summed E-state index contributed by atoms with van der Waals surface area (Å²) in [5, 5.41) is 23.9. The molecule has 3 atom stereocenters. The van der Waals surface area contributed by atoms with Crippen molar-refractivity contribution in [2.24, 2.45) is 0 Å². The number of amides is 1. The molecule has 0 rings (SSSR count). The summed E-state index contributed by atoms with van der Waals surface area (Å²) in [6, 6.07) is -0.713. The molecule has 0 aliphatic rings. The van der Waals surface area contributed by atoms with E-state index in [0.717, 1.165) is 89.9 Å². The van der Waals surface area contributed by atoms with Gasteiger partial charge in [0.15, 0.2) is 0 Å². The van der Waals surface area contributed by atoms with Gasteiger partial charge in [-0.25, -0.2) is 0 Å². The van der Waals surface area contributed by atoms with Crippen LogP contribution in [0.5, 0.6) is 0 Å². The summed E-state index contributed by atoms with van der Waals surface area (Å²) in [7, 11) is 0. The van der Waals surface area contributed by atoms with Gasteiger partial charge in [-0.15, -0.1) is 0 Å². The highest BCUT2D eigenvalue weighted by molar-refractivity contribution is 5.77. The number of hydrogen-bond donors (Lipinski definition) is 3. The normalized spacial score (nSPS) is 13.7. The zero-order valence-corrected chi connectivity index (χ0v) is 43.6. The second-order valence-electron chi connectivity index (χ2n) is 19.1. The van der Waals surface area contributed by atoms with E-state index in [1.54, 1.807) is 0 Å². The molecule has 3 unspecified atom stereocenters. The number of aliphatic hydroxyl groups is 2. The molecular weight excluding hydrogens is 815 g/mol. The van der Waals surface area contributed by atoms with E-state index in [0.29, 0.717) is 19.3 Å². The Bertz CT molecular complexity index is 1220. The molecule has 0 aromatic carbocycles. The Morgan fingerprint density at radius 1 is 0.439 bits per heavy atom. The lowest BCUT2D eigenvalue weighted by molar-refractivity contribution is -0.151. The molecule has 66 heavy (non-hydrogen) atoms. The van der Waals surface area contributed by atoms with Gasteiger partial charge in [0.2, 0.25) is 5.91 Å². The lowest BCUT2D eigenvalue weighted by Crippen LogP contribution is -2.46. The quantitative estimate of drug-likeness (QED) is 0.0244. The highest BCUT2D eigenvalue weighted by Crippen LogP contribution is 2.18. The number of nitrogens with one attached hydrogen (secondary N) is 1. The van der Waals surface area contributed by atoms with Gasteiger partial charge in [-0.1, -0.05) is 261 Å². The Morgan fingerprint density at radius 3 is 1.29 bits per heavy atom. The highest BCUT2D eigenvalue weighted by Gasteiger charge is 2.24. The Labute approximate surface area is 409 Å². The zero-order valence-electron chi connectivity index (χ0n) is 43.6. The molecule has 0 spiro atoms. The maximum absolute atomic E-state index is 13.3. The predicted molar refractivity (Wildman–Crippen MR) is 287 cm³/mol. The number of unbranched alkanes of at least 4 members (excludes halogenated alkanes) is 30. The maximum atomic E-state index is 13.3. The van der Waals surface area contributed by atoms with Gasteiger partial charge in [-0.3, -0.25) is 9.59 Å². The van der Waals surface area contributed by atoms with E-state index in [2.05, 4.69) is 74.7 Å². The lowest BCUT2D eigenvalue weighted by Gasteiger charge is -2.24. The minimum absolute atomic E-state index is 0.0593.